The van der Waals surface area contributed by atoms with E-state index in [2.05, 4.69) is 30.8 Å². The summed E-state index contributed by atoms with van der Waals surface area (Å²) in [6.45, 7) is 6.29. The average molecular weight is 395 g/mol. The van der Waals surface area contributed by atoms with Crippen molar-refractivity contribution in [2.45, 2.75) is 136 Å². The molecule has 164 valence electrons. The Kier molecular flexibility index (Phi) is 21.2. The van der Waals surface area contributed by atoms with Gasteiger partial charge in [-0.15, -0.1) is 0 Å². The lowest BCUT2D eigenvalue weighted by Crippen LogP contribution is -2.14. The van der Waals surface area contributed by atoms with Gasteiger partial charge < -0.3 is 0 Å². The quantitative estimate of drug-likeness (QED) is 0.0960. The Balaban J connectivity index is 3.34. The second-order valence-electron chi connectivity index (χ2n) is 8.15. The molecule has 0 aromatic heterocycles. The van der Waals surface area contributed by atoms with E-state index in [1.54, 1.807) is 0 Å². The van der Waals surface area contributed by atoms with E-state index in [1.165, 1.54) is 83.5 Å². The molecular formula is C25H46O3. The third-order valence-corrected chi connectivity index (χ3v) is 5.29. The molecule has 0 rings (SSSR count). The Labute approximate surface area is 175 Å². The highest BCUT2D eigenvalue weighted by molar-refractivity contribution is 5.71. The van der Waals surface area contributed by atoms with Gasteiger partial charge in [0, 0.05) is 6.42 Å². The van der Waals surface area contributed by atoms with Crippen LogP contribution in [0.1, 0.15) is 136 Å². The third-order valence-electron chi connectivity index (χ3n) is 5.29. The smallest absolute Gasteiger partial charge is 0.247 e. The van der Waals surface area contributed by atoms with Crippen molar-refractivity contribution in [2.75, 3.05) is 0 Å². The summed E-state index contributed by atoms with van der Waals surface area (Å²) in [4.78, 5) is 21.2. The van der Waals surface area contributed by atoms with E-state index in [-0.39, 0.29) is 11.9 Å². The lowest BCUT2D eigenvalue weighted by molar-refractivity contribution is -0.235. The molecule has 0 bridgehead atoms. The van der Waals surface area contributed by atoms with Gasteiger partial charge in [-0.1, -0.05) is 123 Å². The number of rotatable bonds is 19. The SMILES string of the molecule is CCCCC#COOC(=O)C(C)CCCCCCCCCCCCCCCC. The fourth-order valence-corrected chi connectivity index (χ4v) is 3.25. The second kappa shape index (κ2) is 22.1. The fourth-order valence-electron chi connectivity index (χ4n) is 3.25. The molecule has 0 aromatic rings. The summed E-state index contributed by atoms with van der Waals surface area (Å²) in [7, 11) is 0. The molecular weight excluding hydrogens is 348 g/mol. The van der Waals surface area contributed by atoms with Crippen LogP contribution in [0.2, 0.25) is 0 Å². The molecule has 0 aliphatic rings. The normalized spacial score (nSPS) is 11.5. The Hall–Kier alpha value is -1.17. The van der Waals surface area contributed by atoms with Crippen molar-refractivity contribution in [1.29, 1.82) is 0 Å². The van der Waals surface area contributed by atoms with Crippen molar-refractivity contribution in [1.82, 2.24) is 0 Å². The van der Waals surface area contributed by atoms with Crippen LogP contribution < -0.4 is 0 Å². The molecule has 0 radical (unpaired) electrons. The van der Waals surface area contributed by atoms with E-state index >= 15 is 0 Å². The number of carbonyl (C=O) groups excluding carboxylic acids is 1. The molecule has 0 saturated carbocycles. The standard InChI is InChI=1S/C25H46O3/c1-4-6-8-10-11-12-13-14-15-16-17-18-19-20-22-24(3)25(26)28-27-23-21-9-7-5-2/h24H,4-20,22H2,1-3H3. The molecule has 0 aliphatic heterocycles. The predicted molar refractivity (Wildman–Crippen MR) is 119 cm³/mol. The van der Waals surface area contributed by atoms with E-state index < -0.39 is 0 Å². The molecule has 0 aromatic carbocycles. The summed E-state index contributed by atoms with van der Waals surface area (Å²) >= 11 is 0. The minimum atomic E-state index is -0.306. The molecule has 28 heavy (non-hydrogen) atoms. The summed E-state index contributed by atoms with van der Waals surface area (Å²) in [6.07, 6.45) is 25.1. The molecule has 0 spiro atoms. The highest BCUT2D eigenvalue weighted by Gasteiger charge is 2.15. The zero-order valence-corrected chi connectivity index (χ0v) is 19.0. The topological polar surface area (TPSA) is 35.5 Å². The molecule has 1 unspecified atom stereocenters. The zero-order chi connectivity index (χ0) is 20.7. The van der Waals surface area contributed by atoms with E-state index in [4.69, 9.17) is 4.89 Å². The van der Waals surface area contributed by atoms with Gasteiger partial charge in [0.05, 0.1) is 5.92 Å². The average Bonchev–Trinajstić information content (AvgIpc) is 2.70. The monoisotopic (exact) mass is 394 g/mol. The van der Waals surface area contributed by atoms with Gasteiger partial charge in [-0.3, -0.25) is 0 Å². The van der Waals surface area contributed by atoms with Gasteiger partial charge >= 0.3 is 5.97 Å². The first-order chi connectivity index (χ1) is 13.7. The predicted octanol–water partition coefficient (Wildman–Crippen LogP) is 8.12. The lowest BCUT2D eigenvalue weighted by atomic mass is 10.0. The molecule has 1 atom stereocenters. The maximum Gasteiger partial charge on any atom is 0.359 e. The Bertz CT molecular complexity index is 394. The van der Waals surface area contributed by atoms with Crippen molar-refractivity contribution in [3.05, 3.63) is 0 Å². The van der Waals surface area contributed by atoms with Crippen LogP contribution in [0, 0.1) is 17.9 Å². The first-order valence-corrected chi connectivity index (χ1v) is 12.1. The maximum atomic E-state index is 11.8. The fraction of sp³-hybridized carbons (Fsp3) is 0.880. The van der Waals surface area contributed by atoms with Crippen molar-refractivity contribution in [3.8, 4) is 12.0 Å². The summed E-state index contributed by atoms with van der Waals surface area (Å²) in [5.74, 6) is 2.41. The number of unbranched alkanes of at least 4 members (excludes halogenated alkanes) is 15. The molecule has 0 heterocycles. The van der Waals surface area contributed by atoms with Crippen molar-refractivity contribution in [2.24, 2.45) is 5.92 Å². The maximum absolute atomic E-state index is 11.8. The van der Waals surface area contributed by atoms with Gasteiger partial charge in [-0.2, -0.15) is 0 Å². The first-order valence-electron chi connectivity index (χ1n) is 12.1. The summed E-state index contributed by atoms with van der Waals surface area (Å²) in [5.41, 5.74) is 0. The first kappa shape index (κ1) is 26.8. The van der Waals surface area contributed by atoms with Crippen molar-refractivity contribution < 1.29 is 14.6 Å². The largest absolute Gasteiger partial charge is 0.359 e. The second-order valence-corrected chi connectivity index (χ2v) is 8.15. The van der Waals surface area contributed by atoms with E-state index in [9.17, 15) is 4.79 Å². The molecule has 0 amide bonds. The third kappa shape index (κ3) is 19.6. The van der Waals surface area contributed by atoms with Crippen LogP contribution in [0.3, 0.4) is 0 Å². The lowest BCUT2D eigenvalue weighted by Gasteiger charge is -2.08. The summed E-state index contributed by atoms with van der Waals surface area (Å²) in [6, 6.07) is 0. The molecule has 0 N–H and O–H groups in total. The summed E-state index contributed by atoms with van der Waals surface area (Å²) < 4.78 is 0. The Morgan fingerprint density at radius 3 is 1.68 bits per heavy atom. The van der Waals surface area contributed by atoms with Crippen molar-refractivity contribution >= 4 is 5.97 Å². The van der Waals surface area contributed by atoms with E-state index in [1.807, 2.05) is 6.92 Å². The highest BCUT2D eigenvalue weighted by Crippen LogP contribution is 2.15. The Morgan fingerprint density at radius 1 is 0.714 bits per heavy atom. The van der Waals surface area contributed by atoms with Gasteiger partial charge in [0.2, 0.25) is 0 Å². The van der Waals surface area contributed by atoms with Crippen LogP contribution in [-0.2, 0) is 14.6 Å². The van der Waals surface area contributed by atoms with Crippen molar-refractivity contribution in [3.63, 3.8) is 0 Å². The molecule has 0 fully saturated rings. The molecule has 0 saturated heterocycles. The van der Waals surface area contributed by atoms with Gasteiger partial charge in [0.1, 0.15) is 0 Å². The summed E-state index contributed by atoms with van der Waals surface area (Å²) in [5, 5.41) is 0. The number of hydrogen-bond donors (Lipinski definition) is 0. The van der Waals surface area contributed by atoms with Gasteiger partial charge in [0.25, 0.3) is 0 Å². The van der Waals surface area contributed by atoms with Crippen LogP contribution >= 0.6 is 0 Å². The van der Waals surface area contributed by atoms with Gasteiger partial charge in [0.15, 0.2) is 6.11 Å². The number of carbonyl (C=O) groups is 1. The highest BCUT2D eigenvalue weighted by atomic mass is 17.2. The van der Waals surface area contributed by atoms with E-state index in [0.717, 1.165) is 32.1 Å². The molecule has 0 aliphatic carbocycles. The molecule has 3 nitrogen and oxygen atoms in total. The Morgan fingerprint density at radius 2 is 1.18 bits per heavy atom. The van der Waals surface area contributed by atoms with E-state index in [0.29, 0.717) is 0 Å². The number of hydrogen-bond acceptors (Lipinski definition) is 3. The van der Waals surface area contributed by atoms with Crippen LogP contribution in [0.5, 0.6) is 0 Å². The minimum absolute atomic E-state index is 0.116. The van der Waals surface area contributed by atoms with Crippen LogP contribution in [0.4, 0.5) is 0 Å². The minimum Gasteiger partial charge on any atom is -0.247 e. The molecule has 3 heteroatoms. The van der Waals surface area contributed by atoms with Gasteiger partial charge in [-0.05, 0) is 12.8 Å². The van der Waals surface area contributed by atoms with Crippen LogP contribution in [0.25, 0.3) is 0 Å². The van der Waals surface area contributed by atoms with Crippen LogP contribution in [-0.4, -0.2) is 5.97 Å². The van der Waals surface area contributed by atoms with Crippen LogP contribution in [0.15, 0.2) is 0 Å². The zero-order valence-electron chi connectivity index (χ0n) is 19.0. The van der Waals surface area contributed by atoms with Gasteiger partial charge in [-0.25, -0.2) is 14.6 Å².